The fraction of sp³-hybridized carbons (Fsp3) is 0.696. The molecule has 3 atom stereocenters. The Labute approximate surface area is 173 Å². The molecule has 0 radical (unpaired) electrons. The van der Waals surface area contributed by atoms with E-state index in [0.29, 0.717) is 36.5 Å². The Bertz CT molecular complexity index is 844. The molecule has 5 aliphatic carbocycles. The molecule has 4 bridgehead atoms. The van der Waals surface area contributed by atoms with Crippen LogP contribution >= 0.6 is 0 Å². The first-order valence-electron chi connectivity index (χ1n) is 11.1. The smallest absolute Gasteiger partial charge is 0.366 e. The maximum atomic E-state index is 12.9. The molecule has 1 aromatic rings. The number of hydrogen-bond acceptors (Lipinski definition) is 2. The third kappa shape index (κ3) is 2.88. The van der Waals surface area contributed by atoms with E-state index in [-0.39, 0.29) is 17.6 Å². The second-order valence-corrected chi connectivity index (χ2v) is 10.5. The minimum absolute atomic E-state index is 0.0204. The van der Waals surface area contributed by atoms with Gasteiger partial charge in [0.15, 0.2) is 0 Å². The van der Waals surface area contributed by atoms with E-state index in [4.69, 9.17) is 4.74 Å². The molecule has 7 heteroatoms. The highest BCUT2D eigenvalue weighted by Crippen LogP contribution is 2.62. The van der Waals surface area contributed by atoms with Crippen LogP contribution in [-0.2, 0) is 17.6 Å². The number of nitrogens with one attached hydrogen (secondary N) is 2. The number of rotatable bonds is 3. The molecule has 5 fully saturated rings. The van der Waals surface area contributed by atoms with Crippen LogP contribution in [0, 0.1) is 23.7 Å². The monoisotopic (exact) mass is 420 g/mol. The van der Waals surface area contributed by atoms with Crippen molar-refractivity contribution in [2.24, 2.45) is 23.7 Å². The Morgan fingerprint density at radius 3 is 2.27 bits per heavy atom. The molecule has 162 valence electrons. The van der Waals surface area contributed by atoms with E-state index in [0.717, 1.165) is 32.1 Å². The highest BCUT2D eigenvalue weighted by atomic mass is 19.4. The van der Waals surface area contributed by atoms with E-state index in [2.05, 4.69) is 22.8 Å². The van der Waals surface area contributed by atoms with Crippen LogP contribution in [0.25, 0.3) is 0 Å². The van der Waals surface area contributed by atoms with E-state index in [1.54, 1.807) is 0 Å². The standard InChI is InChI=1S/C23H27F3N2O2/c24-23(25,26)12-30-21-7-13-5-16(8-21)18(17(6-13)9-21)19-22(28-20(29)27-19)10-14-3-1-2-4-15(14)11-22/h1-4,13,16-19H,5-12H2,(H2,27,28,29)/t13?,16?,17?,18?,19-,21?/m1/s1. The summed E-state index contributed by atoms with van der Waals surface area (Å²) in [5.41, 5.74) is 1.64. The van der Waals surface area contributed by atoms with Crippen molar-refractivity contribution in [3.63, 3.8) is 0 Å². The number of urea groups is 1. The molecule has 6 aliphatic rings. The molecule has 1 aromatic carbocycles. The second-order valence-electron chi connectivity index (χ2n) is 10.5. The third-order valence-electron chi connectivity index (χ3n) is 8.59. The summed E-state index contributed by atoms with van der Waals surface area (Å²) >= 11 is 0. The molecule has 0 aromatic heterocycles. The summed E-state index contributed by atoms with van der Waals surface area (Å²) in [5.74, 6) is 1.39. The first-order valence-corrected chi connectivity index (χ1v) is 11.1. The van der Waals surface area contributed by atoms with E-state index < -0.39 is 18.4 Å². The molecule has 2 N–H and O–H groups in total. The summed E-state index contributed by atoms with van der Waals surface area (Å²) in [7, 11) is 0. The van der Waals surface area contributed by atoms with Crippen molar-refractivity contribution in [3.05, 3.63) is 35.4 Å². The van der Waals surface area contributed by atoms with Crippen LogP contribution in [0.15, 0.2) is 24.3 Å². The molecule has 1 aliphatic heterocycles. The van der Waals surface area contributed by atoms with Crippen LogP contribution < -0.4 is 10.6 Å². The zero-order valence-electron chi connectivity index (χ0n) is 16.8. The number of carbonyl (C=O) groups is 1. The van der Waals surface area contributed by atoms with E-state index >= 15 is 0 Å². The molecule has 30 heavy (non-hydrogen) atoms. The van der Waals surface area contributed by atoms with Gasteiger partial charge >= 0.3 is 12.2 Å². The van der Waals surface area contributed by atoms with Gasteiger partial charge < -0.3 is 15.4 Å². The number of carbonyl (C=O) groups excluding carboxylic acids is 1. The summed E-state index contributed by atoms with van der Waals surface area (Å²) in [5, 5.41) is 6.51. The van der Waals surface area contributed by atoms with Crippen molar-refractivity contribution in [2.45, 2.75) is 68.3 Å². The van der Waals surface area contributed by atoms with Crippen molar-refractivity contribution < 1.29 is 22.7 Å². The molecule has 2 amide bonds. The number of alkyl halides is 3. The van der Waals surface area contributed by atoms with Crippen molar-refractivity contribution in [2.75, 3.05) is 6.61 Å². The maximum Gasteiger partial charge on any atom is 0.411 e. The van der Waals surface area contributed by atoms with Crippen molar-refractivity contribution >= 4 is 6.03 Å². The summed E-state index contributed by atoms with van der Waals surface area (Å²) < 4.78 is 44.1. The summed E-state index contributed by atoms with van der Waals surface area (Å²) in [6.07, 6.45) is 1.59. The Morgan fingerprint density at radius 2 is 1.67 bits per heavy atom. The van der Waals surface area contributed by atoms with Gasteiger partial charge in [-0.25, -0.2) is 4.79 Å². The summed E-state index contributed by atoms with van der Waals surface area (Å²) in [4.78, 5) is 12.5. The normalized spacial score (nSPS) is 40.5. The highest BCUT2D eigenvalue weighted by Gasteiger charge is 2.63. The lowest BCUT2D eigenvalue weighted by Gasteiger charge is -2.61. The predicted molar refractivity (Wildman–Crippen MR) is 104 cm³/mol. The molecule has 1 saturated heterocycles. The van der Waals surface area contributed by atoms with Crippen LogP contribution in [0.1, 0.15) is 43.2 Å². The van der Waals surface area contributed by atoms with Gasteiger partial charge in [-0.1, -0.05) is 24.3 Å². The average molecular weight is 420 g/mol. The third-order valence-corrected chi connectivity index (χ3v) is 8.59. The summed E-state index contributed by atoms with van der Waals surface area (Å²) in [6.45, 7) is -1.15. The van der Waals surface area contributed by atoms with E-state index in [1.807, 2.05) is 12.1 Å². The molecule has 4 saturated carbocycles. The first-order chi connectivity index (χ1) is 14.2. The zero-order valence-corrected chi connectivity index (χ0v) is 16.8. The Kier molecular flexibility index (Phi) is 3.89. The molecule has 7 rings (SSSR count). The number of benzene rings is 1. The predicted octanol–water partition coefficient (Wildman–Crippen LogP) is 3.98. The first kappa shape index (κ1) is 19.0. The van der Waals surface area contributed by atoms with Gasteiger partial charge in [-0.3, -0.25) is 0 Å². The van der Waals surface area contributed by atoms with Crippen molar-refractivity contribution in [1.29, 1.82) is 0 Å². The van der Waals surface area contributed by atoms with Gasteiger partial charge in [-0.05, 0) is 79.7 Å². The topological polar surface area (TPSA) is 50.4 Å². The largest absolute Gasteiger partial charge is 0.411 e. The minimum Gasteiger partial charge on any atom is -0.366 e. The highest BCUT2D eigenvalue weighted by molar-refractivity contribution is 5.79. The van der Waals surface area contributed by atoms with Gasteiger partial charge in [0.1, 0.15) is 6.61 Å². The number of halogens is 3. The molecule has 2 unspecified atom stereocenters. The van der Waals surface area contributed by atoms with Crippen LogP contribution in [0.4, 0.5) is 18.0 Å². The van der Waals surface area contributed by atoms with E-state index in [1.165, 1.54) is 11.1 Å². The van der Waals surface area contributed by atoms with Gasteiger partial charge in [0.25, 0.3) is 0 Å². The fourth-order valence-electron chi connectivity index (χ4n) is 7.98. The molecule has 1 spiro atoms. The Hall–Kier alpha value is -1.76. The van der Waals surface area contributed by atoms with E-state index in [9.17, 15) is 18.0 Å². The summed E-state index contributed by atoms with van der Waals surface area (Å²) in [6, 6.07) is 8.28. The molecular weight excluding hydrogens is 393 g/mol. The lowest BCUT2D eigenvalue weighted by molar-refractivity contribution is -0.247. The van der Waals surface area contributed by atoms with Crippen molar-refractivity contribution in [1.82, 2.24) is 10.6 Å². The lowest BCUT2D eigenvalue weighted by Crippen LogP contribution is -2.64. The maximum absolute atomic E-state index is 12.9. The van der Waals surface area contributed by atoms with Crippen LogP contribution in [0.3, 0.4) is 0 Å². The zero-order chi connectivity index (χ0) is 20.7. The average Bonchev–Trinajstić information content (AvgIpc) is 3.17. The van der Waals surface area contributed by atoms with Crippen LogP contribution in [0.5, 0.6) is 0 Å². The molecule has 4 nitrogen and oxygen atoms in total. The van der Waals surface area contributed by atoms with Gasteiger partial charge in [-0.15, -0.1) is 0 Å². The number of ether oxygens (including phenoxy) is 1. The minimum atomic E-state index is -4.29. The second kappa shape index (κ2) is 6.15. The van der Waals surface area contributed by atoms with Gasteiger partial charge in [0.05, 0.1) is 17.2 Å². The SMILES string of the molecule is O=C1N[C@H](C2C3CC4CC2CC(OCC(F)(F)F)(C4)C3)C2(Cc3ccccc3C2)N1. The van der Waals surface area contributed by atoms with Gasteiger partial charge in [0, 0.05) is 0 Å². The van der Waals surface area contributed by atoms with Crippen LogP contribution in [0.2, 0.25) is 0 Å². The van der Waals surface area contributed by atoms with Gasteiger partial charge in [-0.2, -0.15) is 13.2 Å². The lowest BCUT2D eigenvalue weighted by atomic mass is 9.47. The van der Waals surface area contributed by atoms with Crippen molar-refractivity contribution in [3.8, 4) is 0 Å². The Balaban J connectivity index is 1.28. The quantitative estimate of drug-likeness (QED) is 0.777. The Morgan fingerprint density at radius 1 is 1.03 bits per heavy atom. The van der Waals surface area contributed by atoms with Gasteiger partial charge in [0.2, 0.25) is 0 Å². The molecule has 1 heterocycles. The van der Waals surface area contributed by atoms with Crippen LogP contribution in [-0.4, -0.2) is 36.0 Å². The number of fused-ring (bicyclic) bond motifs is 1. The fourth-order valence-corrected chi connectivity index (χ4v) is 7.98. The number of hydrogen-bond donors (Lipinski definition) is 2. The number of amides is 2. The molecular formula is C23H27F3N2O2.